The molecular weight excluding hydrogens is 446 g/mol. The molecule has 176 valence electrons. The van der Waals surface area contributed by atoms with Crippen molar-refractivity contribution in [1.82, 2.24) is 19.9 Å². The van der Waals surface area contributed by atoms with Crippen molar-refractivity contribution in [3.63, 3.8) is 0 Å². The second-order valence-electron chi connectivity index (χ2n) is 8.65. The van der Waals surface area contributed by atoms with Gasteiger partial charge in [-0.25, -0.2) is 9.97 Å². The highest BCUT2D eigenvalue weighted by Crippen LogP contribution is 2.33. The number of para-hydroxylation sites is 2. The molecule has 0 unspecified atom stereocenters. The van der Waals surface area contributed by atoms with E-state index >= 15 is 0 Å². The molecule has 0 amide bonds. The third kappa shape index (κ3) is 4.14. The monoisotopic (exact) mass is 471 g/mol. The maximum absolute atomic E-state index is 5.40. The average Bonchev–Trinajstić information content (AvgIpc) is 3.38. The molecule has 0 spiro atoms. The molecule has 6 aromatic rings. The Kier molecular flexibility index (Phi) is 5.75. The number of hydrogen-bond acceptors (Lipinski definition) is 5. The largest absolute Gasteiger partial charge is 0.497 e. The number of aromatic amines is 1. The van der Waals surface area contributed by atoms with Crippen LogP contribution in [0.2, 0.25) is 0 Å². The topological polar surface area (TPSA) is 75.7 Å². The van der Waals surface area contributed by atoms with Crippen molar-refractivity contribution in [1.29, 1.82) is 0 Å². The van der Waals surface area contributed by atoms with Crippen LogP contribution in [0.4, 0.5) is 5.82 Å². The van der Waals surface area contributed by atoms with Gasteiger partial charge in [0.2, 0.25) is 0 Å². The van der Waals surface area contributed by atoms with Gasteiger partial charge in [-0.05, 0) is 53.6 Å². The standard InChI is InChI=1S/C30H25N5O/c1-36-22-14-12-20(13-15-22)25(26-19-32-27-10-4-2-8-23(26)27)18-33-30-24-9-3-5-11-28(24)34-29(35-30)21-7-6-16-31-17-21/h2-17,19,25,32H,18H2,1H3,(H,33,34,35)/t25-/m0/s1. The van der Waals surface area contributed by atoms with Crippen LogP contribution in [0.15, 0.2) is 104 Å². The lowest BCUT2D eigenvalue weighted by Gasteiger charge is -2.20. The Morgan fingerprint density at radius 3 is 2.47 bits per heavy atom. The van der Waals surface area contributed by atoms with Gasteiger partial charge in [0, 0.05) is 52.9 Å². The number of nitrogens with one attached hydrogen (secondary N) is 2. The molecule has 6 nitrogen and oxygen atoms in total. The first kappa shape index (κ1) is 21.8. The minimum absolute atomic E-state index is 0.0858. The van der Waals surface area contributed by atoms with E-state index in [-0.39, 0.29) is 5.92 Å². The molecule has 3 aromatic carbocycles. The van der Waals surface area contributed by atoms with E-state index in [4.69, 9.17) is 14.7 Å². The zero-order valence-corrected chi connectivity index (χ0v) is 19.8. The van der Waals surface area contributed by atoms with Crippen LogP contribution in [-0.2, 0) is 0 Å². The number of pyridine rings is 1. The summed E-state index contributed by atoms with van der Waals surface area (Å²) in [5, 5.41) is 5.86. The molecule has 0 aliphatic rings. The van der Waals surface area contributed by atoms with Crippen LogP contribution < -0.4 is 10.1 Å². The summed E-state index contributed by atoms with van der Waals surface area (Å²) in [7, 11) is 1.69. The maximum atomic E-state index is 5.40. The van der Waals surface area contributed by atoms with Crippen molar-refractivity contribution in [2.45, 2.75) is 5.92 Å². The zero-order valence-electron chi connectivity index (χ0n) is 19.8. The smallest absolute Gasteiger partial charge is 0.163 e. The molecule has 0 saturated heterocycles. The van der Waals surface area contributed by atoms with Gasteiger partial charge in [0.1, 0.15) is 11.6 Å². The Labute approximate surface area is 209 Å². The summed E-state index contributed by atoms with van der Waals surface area (Å²) in [6.07, 6.45) is 5.66. The van der Waals surface area contributed by atoms with Crippen molar-refractivity contribution in [3.8, 4) is 17.1 Å². The van der Waals surface area contributed by atoms with Gasteiger partial charge in [0.15, 0.2) is 5.82 Å². The van der Waals surface area contributed by atoms with Crippen LogP contribution in [0.5, 0.6) is 5.75 Å². The molecule has 0 bridgehead atoms. The molecule has 0 radical (unpaired) electrons. The van der Waals surface area contributed by atoms with Crippen LogP contribution in [0.1, 0.15) is 17.0 Å². The van der Waals surface area contributed by atoms with Crippen LogP contribution in [0.25, 0.3) is 33.2 Å². The van der Waals surface area contributed by atoms with E-state index in [9.17, 15) is 0 Å². The highest BCUT2D eigenvalue weighted by atomic mass is 16.5. The number of anilines is 1. The lowest BCUT2D eigenvalue weighted by molar-refractivity contribution is 0.414. The molecule has 6 heteroatoms. The lowest BCUT2D eigenvalue weighted by atomic mass is 9.90. The summed E-state index contributed by atoms with van der Waals surface area (Å²) in [4.78, 5) is 17.4. The van der Waals surface area contributed by atoms with E-state index in [1.807, 2.05) is 42.5 Å². The van der Waals surface area contributed by atoms with Crippen LogP contribution in [0.3, 0.4) is 0 Å². The number of methoxy groups -OCH3 is 1. The lowest BCUT2D eigenvalue weighted by Crippen LogP contribution is -2.15. The van der Waals surface area contributed by atoms with Crippen molar-refractivity contribution >= 4 is 27.6 Å². The molecule has 36 heavy (non-hydrogen) atoms. The number of nitrogens with zero attached hydrogens (tertiary/aromatic N) is 3. The summed E-state index contributed by atoms with van der Waals surface area (Å²) in [6.45, 7) is 0.654. The second-order valence-corrected chi connectivity index (χ2v) is 8.65. The van der Waals surface area contributed by atoms with Crippen molar-refractivity contribution in [3.05, 3.63) is 115 Å². The quantitative estimate of drug-likeness (QED) is 0.281. The fourth-order valence-electron chi connectivity index (χ4n) is 4.66. The summed E-state index contributed by atoms with van der Waals surface area (Å²) >= 11 is 0. The van der Waals surface area contributed by atoms with E-state index in [1.54, 1.807) is 19.5 Å². The van der Waals surface area contributed by atoms with E-state index in [0.29, 0.717) is 12.4 Å². The first-order valence-electron chi connectivity index (χ1n) is 11.9. The summed E-state index contributed by atoms with van der Waals surface area (Å²) in [6, 6.07) is 28.7. The molecule has 2 N–H and O–H groups in total. The van der Waals surface area contributed by atoms with Gasteiger partial charge >= 0.3 is 0 Å². The molecule has 0 aliphatic carbocycles. The highest BCUT2D eigenvalue weighted by Gasteiger charge is 2.19. The maximum Gasteiger partial charge on any atom is 0.163 e. The Morgan fingerprint density at radius 1 is 0.861 bits per heavy atom. The molecule has 0 fully saturated rings. The molecule has 0 aliphatic heterocycles. The number of rotatable bonds is 7. The van der Waals surface area contributed by atoms with E-state index in [2.05, 4.69) is 63.9 Å². The summed E-state index contributed by atoms with van der Waals surface area (Å²) < 4.78 is 5.40. The van der Waals surface area contributed by atoms with Crippen LogP contribution in [0, 0.1) is 0 Å². The molecule has 1 atom stereocenters. The van der Waals surface area contributed by atoms with E-state index < -0.39 is 0 Å². The molecule has 6 rings (SSSR count). The van der Waals surface area contributed by atoms with Crippen molar-refractivity contribution in [2.24, 2.45) is 0 Å². The first-order chi connectivity index (χ1) is 17.8. The van der Waals surface area contributed by atoms with Crippen molar-refractivity contribution in [2.75, 3.05) is 19.0 Å². The Bertz CT molecular complexity index is 1630. The summed E-state index contributed by atoms with van der Waals surface area (Å²) in [5.41, 5.74) is 5.32. The number of H-pyrrole nitrogens is 1. The number of ether oxygens (including phenoxy) is 1. The van der Waals surface area contributed by atoms with Gasteiger partial charge in [-0.2, -0.15) is 0 Å². The average molecular weight is 472 g/mol. The first-order valence-corrected chi connectivity index (χ1v) is 11.9. The van der Waals surface area contributed by atoms with Gasteiger partial charge in [0.25, 0.3) is 0 Å². The Balaban J connectivity index is 1.41. The zero-order chi connectivity index (χ0) is 24.3. The number of fused-ring (bicyclic) bond motifs is 2. The van der Waals surface area contributed by atoms with Crippen LogP contribution >= 0.6 is 0 Å². The van der Waals surface area contributed by atoms with Gasteiger partial charge in [0.05, 0.1) is 12.6 Å². The Hall–Kier alpha value is -4.71. The third-order valence-corrected chi connectivity index (χ3v) is 6.51. The fraction of sp³-hybridized carbons (Fsp3) is 0.100. The minimum Gasteiger partial charge on any atom is -0.497 e. The SMILES string of the molecule is COc1ccc([C@H](CNc2nc(-c3cccnc3)nc3ccccc23)c2c[nH]c3ccccc23)cc1. The van der Waals surface area contributed by atoms with Gasteiger partial charge < -0.3 is 15.0 Å². The van der Waals surface area contributed by atoms with Crippen LogP contribution in [-0.4, -0.2) is 33.6 Å². The normalized spacial score (nSPS) is 12.0. The Morgan fingerprint density at radius 2 is 1.67 bits per heavy atom. The van der Waals surface area contributed by atoms with E-state index in [1.165, 1.54) is 16.5 Å². The molecule has 0 saturated carbocycles. The third-order valence-electron chi connectivity index (χ3n) is 6.51. The molecular formula is C30H25N5O. The number of benzene rings is 3. The molecule has 3 aromatic heterocycles. The number of hydrogen-bond donors (Lipinski definition) is 2. The van der Waals surface area contributed by atoms with Gasteiger partial charge in [-0.15, -0.1) is 0 Å². The minimum atomic E-state index is 0.0858. The second kappa shape index (κ2) is 9.50. The van der Waals surface area contributed by atoms with Gasteiger partial charge in [-0.1, -0.05) is 42.5 Å². The summed E-state index contributed by atoms with van der Waals surface area (Å²) in [5.74, 6) is 2.38. The fourth-order valence-corrected chi connectivity index (χ4v) is 4.66. The van der Waals surface area contributed by atoms with E-state index in [0.717, 1.165) is 33.6 Å². The predicted molar refractivity (Wildman–Crippen MR) is 144 cm³/mol. The predicted octanol–water partition coefficient (Wildman–Crippen LogP) is 6.43. The number of aromatic nitrogens is 4. The van der Waals surface area contributed by atoms with Crippen molar-refractivity contribution < 1.29 is 4.74 Å². The highest BCUT2D eigenvalue weighted by molar-refractivity contribution is 5.90. The molecule has 3 heterocycles. The van der Waals surface area contributed by atoms with Gasteiger partial charge in [-0.3, -0.25) is 4.98 Å².